The number of ether oxygens (including phenoxy) is 1. The average molecular weight is 383 g/mol. The van der Waals surface area contributed by atoms with E-state index < -0.39 is 27.4 Å². The number of hydrogen-bond donors (Lipinski definition) is 2. The number of nitrogens with zero attached hydrogens (tertiary/aromatic N) is 1. The maximum absolute atomic E-state index is 13.8. The summed E-state index contributed by atoms with van der Waals surface area (Å²) in [5.41, 5.74) is 0.616. The van der Waals surface area contributed by atoms with E-state index in [4.69, 9.17) is 4.74 Å². The largest absolute Gasteiger partial charge is 0.491 e. The lowest BCUT2D eigenvalue weighted by Crippen LogP contribution is -2.43. The highest BCUT2D eigenvalue weighted by molar-refractivity contribution is 7.92. The molecule has 1 aliphatic rings. The van der Waals surface area contributed by atoms with Gasteiger partial charge in [-0.1, -0.05) is 6.07 Å². The van der Waals surface area contributed by atoms with E-state index in [1.165, 1.54) is 6.07 Å². The molecule has 2 N–H and O–H groups in total. The first kappa shape index (κ1) is 18.4. The Morgan fingerprint density at radius 1 is 1.15 bits per heavy atom. The fraction of sp³-hybridized carbons (Fsp3) is 0.294. The lowest BCUT2D eigenvalue weighted by molar-refractivity contribution is 0.374. The van der Waals surface area contributed by atoms with Crippen LogP contribution in [0.5, 0.6) is 5.75 Å². The predicted octanol–water partition coefficient (Wildman–Crippen LogP) is 2.18. The van der Waals surface area contributed by atoms with Crippen molar-refractivity contribution in [2.45, 2.75) is 4.90 Å². The molecule has 6 nitrogen and oxygen atoms in total. The average Bonchev–Trinajstić information content (AvgIpc) is 2.66. The van der Waals surface area contributed by atoms with Crippen LogP contribution in [-0.2, 0) is 10.0 Å². The number of sulfonamides is 1. The van der Waals surface area contributed by atoms with Gasteiger partial charge < -0.3 is 15.0 Å². The summed E-state index contributed by atoms with van der Waals surface area (Å²) in [6, 6.07) is 8.44. The standard InChI is InChI=1S/C17H19F2N3O3S/c1-25-17-15(6-5-14(18)16(17)19)21-26(23,24)13-4-2-3-12(11-13)22-9-7-20-8-10-22/h2-6,11,20-21H,7-10H2,1H3. The molecule has 0 bridgehead atoms. The van der Waals surface area contributed by atoms with Gasteiger partial charge in [0.2, 0.25) is 5.82 Å². The minimum Gasteiger partial charge on any atom is -0.491 e. The van der Waals surface area contributed by atoms with Crippen LogP contribution >= 0.6 is 0 Å². The van der Waals surface area contributed by atoms with Gasteiger partial charge in [-0.3, -0.25) is 4.72 Å². The second-order valence-electron chi connectivity index (χ2n) is 5.78. The van der Waals surface area contributed by atoms with Gasteiger partial charge in [-0.15, -0.1) is 0 Å². The number of halogens is 2. The second-order valence-corrected chi connectivity index (χ2v) is 7.46. The predicted molar refractivity (Wildman–Crippen MR) is 95.2 cm³/mol. The van der Waals surface area contributed by atoms with Crippen molar-refractivity contribution in [3.63, 3.8) is 0 Å². The van der Waals surface area contributed by atoms with E-state index in [1.807, 2.05) is 6.07 Å². The highest BCUT2D eigenvalue weighted by atomic mass is 32.2. The molecule has 1 aliphatic heterocycles. The molecule has 1 saturated heterocycles. The Labute approximate surface area is 150 Å². The van der Waals surface area contributed by atoms with E-state index in [0.717, 1.165) is 51.1 Å². The molecule has 1 fully saturated rings. The third-order valence-electron chi connectivity index (χ3n) is 4.11. The molecular weight excluding hydrogens is 364 g/mol. The lowest BCUT2D eigenvalue weighted by Gasteiger charge is -2.29. The van der Waals surface area contributed by atoms with E-state index in [0.29, 0.717) is 0 Å². The number of anilines is 2. The molecule has 0 radical (unpaired) electrons. The molecule has 0 atom stereocenters. The van der Waals surface area contributed by atoms with E-state index in [9.17, 15) is 17.2 Å². The van der Waals surface area contributed by atoms with E-state index in [2.05, 4.69) is 14.9 Å². The Morgan fingerprint density at radius 3 is 2.58 bits per heavy atom. The van der Waals surface area contributed by atoms with Crippen molar-refractivity contribution in [2.75, 3.05) is 42.9 Å². The third kappa shape index (κ3) is 3.73. The molecule has 2 aromatic rings. The van der Waals surface area contributed by atoms with Crippen LogP contribution in [0.25, 0.3) is 0 Å². The van der Waals surface area contributed by atoms with E-state index >= 15 is 0 Å². The smallest absolute Gasteiger partial charge is 0.262 e. The van der Waals surface area contributed by atoms with Gasteiger partial charge in [-0.05, 0) is 30.3 Å². The number of piperazine rings is 1. The number of methoxy groups -OCH3 is 1. The van der Waals surface area contributed by atoms with Crippen molar-refractivity contribution in [3.8, 4) is 5.75 Å². The topological polar surface area (TPSA) is 70.7 Å². The molecule has 140 valence electrons. The zero-order chi connectivity index (χ0) is 18.7. The van der Waals surface area contributed by atoms with Crippen LogP contribution in [0.3, 0.4) is 0 Å². The highest BCUT2D eigenvalue weighted by Gasteiger charge is 2.21. The van der Waals surface area contributed by atoms with Gasteiger partial charge in [0.25, 0.3) is 10.0 Å². The first-order valence-corrected chi connectivity index (χ1v) is 9.51. The molecule has 0 unspecified atom stereocenters. The summed E-state index contributed by atoms with van der Waals surface area (Å²) in [6.07, 6.45) is 0. The summed E-state index contributed by atoms with van der Waals surface area (Å²) in [5.74, 6) is -2.86. The molecule has 0 amide bonds. The van der Waals surface area contributed by atoms with Gasteiger partial charge in [0.05, 0.1) is 17.7 Å². The van der Waals surface area contributed by atoms with Crippen LogP contribution in [0, 0.1) is 11.6 Å². The molecule has 2 aromatic carbocycles. The summed E-state index contributed by atoms with van der Waals surface area (Å²) < 4.78 is 59.6. The quantitative estimate of drug-likeness (QED) is 0.828. The molecule has 0 spiro atoms. The van der Waals surface area contributed by atoms with Gasteiger partial charge in [-0.25, -0.2) is 12.8 Å². The number of nitrogens with one attached hydrogen (secondary N) is 2. The van der Waals surface area contributed by atoms with Crippen LogP contribution < -0.4 is 19.7 Å². The zero-order valence-electron chi connectivity index (χ0n) is 14.1. The maximum Gasteiger partial charge on any atom is 0.262 e. The summed E-state index contributed by atoms with van der Waals surface area (Å²) >= 11 is 0. The van der Waals surface area contributed by atoms with Crippen molar-refractivity contribution < 1.29 is 21.9 Å². The first-order chi connectivity index (χ1) is 12.4. The molecule has 0 saturated carbocycles. The fourth-order valence-electron chi connectivity index (χ4n) is 2.79. The Balaban J connectivity index is 1.90. The molecule has 26 heavy (non-hydrogen) atoms. The van der Waals surface area contributed by atoms with Gasteiger partial charge in [-0.2, -0.15) is 4.39 Å². The lowest BCUT2D eigenvalue weighted by atomic mass is 10.2. The summed E-state index contributed by atoms with van der Waals surface area (Å²) in [4.78, 5) is 2.11. The molecule has 0 aliphatic carbocycles. The minimum atomic E-state index is -4.00. The van der Waals surface area contributed by atoms with Crippen molar-refractivity contribution >= 4 is 21.4 Å². The maximum atomic E-state index is 13.8. The van der Waals surface area contributed by atoms with Crippen molar-refractivity contribution in [2.24, 2.45) is 0 Å². The number of hydrogen-bond acceptors (Lipinski definition) is 5. The number of benzene rings is 2. The Morgan fingerprint density at radius 2 is 1.88 bits per heavy atom. The van der Waals surface area contributed by atoms with E-state index in [1.54, 1.807) is 12.1 Å². The Bertz CT molecular complexity index is 900. The molecule has 0 aromatic heterocycles. The molecular formula is C17H19F2N3O3S. The van der Waals surface area contributed by atoms with Gasteiger partial charge >= 0.3 is 0 Å². The minimum absolute atomic E-state index is 0.0281. The van der Waals surface area contributed by atoms with Crippen LogP contribution in [-0.4, -0.2) is 41.7 Å². The fourth-order valence-corrected chi connectivity index (χ4v) is 3.89. The SMILES string of the molecule is COc1c(NS(=O)(=O)c2cccc(N3CCNCC3)c2)ccc(F)c1F. The third-order valence-corrected chi connectivity index (χ3v) is 5.47. The van der Waals surface area contributed by atoms with E-state index in [-0.39, 0.29) is 10.6 Å². The van der Waals surface area contributed by atoms with Gasteiger partial charge in [0.15, 0.2) is 11.6 Å². The summed E-state index contributed by atoms with van der Waals surface area (Å²) in [6.45, 7) is 3.18. The normalized spacial score (nSPS) is 15.0. The Kier molecular flexibility index (Phi) is 5.28. The Hall–Kier alpha value is -2.39. The van der Waals surface area contributed by atoms with Crippen LogP contribution in [0.4, 0.5) is 20.2 Å². The second kappa shape index (κ2) is 7.46. The van der Waals surface area contributed by atoms with Crippen LogP contribution in [0.15, 0.2) is 41.3 Å². The number of rotatable bonds is 5. The van der Waals surface area contributed by atoms with Crippen molar-refractivity contribution in [3.05, 3.63) is 48.0 Å². The highest BCUT2D eigenvalue weighted by Crippen LogP contribution is 2.31. The first-order valence-electron chi connectivity index (χ1n) is 8.03. The van der Waals surface area contributed by atoms with Crippen LogP contribution in [0.1, 0.15) is 0 Å². The molecule has 1 heterocycles. The van der Waals surface area contributed by atoms with Gasteiger partial charge in [0.1, 0.15) is 0 Å². The van der Waals surface area contributed by atoms with Crippen molar-refractivity contribution in [1.82, 2.24) is 5.32 Å². The van der Waals surface area contributed by atoms with Crippen LogP contribution in [0.2, 0.25) is 0 Å². The molecule has 3 rings (SSSR count). The summed E-state index contributed by atoms with van der Waals surface area (Å²) in [7, 11) is -2.86. The van der Waals surface area contributed by atoms with Crippen molar-refractivity contribution in [1.29, 1.82) is 0 Å². The molecule has 9 heteroatoms. The zero-order valence-corrected chi connectivity index (χ0v) is 14.9. The summed E-state index contributed by atoms with van der Waals surface area (Å²) in [5, 5.41) is 3.23. The monoisotopic (exact) mass is 383 g/mol. The van der Waals surface area contributed by atoms with Gasteiger partial charge in [0, 0.05) is 31.9 Å².